The smallest absolute Gasteiger partial charge is 0.220 e. The minimum atomic E-state index is 0.0360. The Balaban J connectivity index is 1.54. The van der Waals surface area contributed by atoms with Gasteiger partial charge in [0.1, 0.15) is 0 Å². The molecule has 3 heteroatoms. The van der Waals surface area contributed by atoms with Crippen LogP contribution in [0.2, 0.25) is 0 Å². The summed E-state index contributed by atoms with van der Waals surface area (Å²) in [6, 6.07) is 18.9. The van der Waals surface area contributed by atoms with Gasteiger partial charge < -0.3 is 5.32 Å². The molecular formula is C20H21NOS. The lowest BCUT2D eigenvalue weighted by Crippen LogP contribution is -2.26. The Kier molecular flexibility index (Phi) is 5.09. The molecule has 0 saturated carbocycles. The van der Waals surface area contributed by atoms with Crippen LogP contribution in [0.25, 0.3) is 10.8 Å². The molecule has 1 heterocycles. The molecule has 2 aromatic carbocycles. The molecule has 0 saturated heterocycles. The summed E-state index contributed by atoms with van der Waals surface area (Å²) in [5.41, 5.74) is 1.15. The summed E-state index contributed by atoms with van der Waals surface area (Å²) in [5.74, 6) is 0.127. The highest BCUT2D eigenvalue weighted by atomic mass is 32.1. The highest BCUT2D eigenvalue weighted by molar-refractivity contribution is 7.09. The number of thiophene rings is 1. The number of carbonyl (C=O) groups is 1. The zero-order valence-electron chi connectivity index (χ0n) is 13.3. The van der Waals surface area contributed by atoms with E-state index < -0.39 is 0 Å². The van der Waals surface area contributed by atoms with E-state index in [9.17, 15) is 4.79 Å². The molecule has 2 nitrogen and oxygen atoms in total. The lowest BCUT2D eigenvalue weighted by molar-refractivity contribution is -0.121. The minimum Gasteiger partial charge on any atom is -0.350 e. The molecule has 1 atom stereocenters. The summed E-state index contributed by atoms with van der Waals surface area (Å²) in [4.78, 5) is 13.5. The predicted octanol–water partition coefficient (Wildman–Crippen LogP) is 5.10. The third-order valence-corrected chi connectivity index (χ3v) is 4.99. The topological polar surface area (TPSA) is 29.1 Å². The van der Waals surface area contributed by atoms with Crippen LogP contribution in [0.4, 0.5) is 0 Å². The summed E-state index contributed by atoms with van der Waals surface area (Å²) in [6.45, 7) is 2.04. The van der Waals surface area contributed by atoms with Gasteiger partial charge >= 0.3 is 0 Å². The summed E-state index contributed by atoms with van der Waals surface area (Å²) in [7, 11) is 0. The Hall–Kier alpha value is -2.13. The van der Waals surface area contributed by atoms with Crippen molar-refractivity contribution in [2.45, 2.75) is 32.2 Å². The first-order chi connectivity index (χ1) is 11.2. The van der Waals surface area contributed by atoms with Crippen molar-refractivity contribution in [1.29, 1.82) is 0 Å². The van der Waals surface area contributed by atoms with Crippen molar-refractivity contribution >= 4 is 28.0 Å². The van der Waals surface area contributed by atoms with Crippen LogP contribution in [-0.2, 0) is 11.2 Å². The van der Waals surface area contributed by atoms with E-state index in [4.69, 9.17) is 0 Å². The maximum Gasteiger partial charge on any atom is 0.220 e. The second kappa shape index (κ2) is 7.42. The van der Waals surface area contributed by atoms with Crippen molar-refractivity contribution in [3.05, 3.63) is 70.4 Å². The highest BCUT2D eigenvalue weighted by Gasteiger charge is 2.10. The van der Waals surface area contributed by atoms with E-state index >= 15 is 0 Å². The van der Waals surface area contributed by atoms with E-state index in [1.54, 1.807) is 11.3 Å². The number of hydrogen-bond acceptors (Lipinski definition) is 2. The van der Waals surface area contributed by atoms with Crippen LogP contribution in [0.3, 0.4) is 0 Å². The van der Waals surface area contributed by atoms with Crippen LogP contribution < -0.4 is 5.32 Å². The minimum absolute atomic E-state index is 0.0360. The maximum absolute atomic E-state index is 12.1. The van der Waals surface area contributed by atoms with Crippen molar-refractivity contribution in [2.24, 2.45) is 0 Å². The molecule has 0 radical (unpaired) electrons. The van der Waals surface area contributed by atoms with Crippen LogP contribution in [0.1, 0.15) is 36.2 Å². The average molecular weight is 323 g/mol. The van der Waals surface area contributed by atoms with E-state index in [1.807, 2.05) is 19.1 Å². The molecular weight excluding hydrogens is 302 g/mol. The quantitative estimate of drug-likeness (QED) is 0.671. The summed E-state index contributed by atoms with van der Waals surface area (Å²) in [5, 5.41) is 7.63. The fraction of sp³-hybridized carbons (Fsp3) is 0.250. The summed E-state index contributed by atoms with van der Waals surface area (Å²) >= 11 is 1.75. The SMILES string of the molecule is CC(NC(=O)CCCc1cccs1)c1ccc2ccccc2c1. The van der Waals surface area contributed by atoms with Gasteiger partial charge in [0.25, 0.3) is 0 Å². The standard InChI is InChI=1S/C20H21NOS/c1-15(17-12-11-16-6-2-3-7-18(16)14-17)21-20(22)10-4-8-19-9-5-13-23-19/h2-3,5-7,9,11-15H,4,8,10H2,1H3,(H,21,22). The Morgan fingerprint density at radius 3 is 2.70 bits per heavy atom. The predicted molar refractivity (Wildman–Crippen MR) is 97.8 cm³/mol. The van der Waals surface area contributed by atoms with E-state index in [0.717, 1.165) is 18.4 Å². The van der Waals surface area contributed by atoms with Gasteiger partial charge in [-0.2, -0.15) is 0 Å². The molecule has 0 fully saturated rings. The number of rotatable bonds is 6. The fourth-order valence-electron chi connectivity index (χ4n) is 2.75. The van der Waals surface area contributed by atoms with Crippen molar-refractivity contribution in [3.8, 4) is 0 Å². The zero-order chi connectivity index (χ0) is 16.1. The average Bonchev–Trinajstić information content (AvgIpc) is 3.07. The van der Waals surface area contributed by atoms with Gasteiger partial charge in [-0.3, -0.25) is 4.79 Å². The van der Waals surface area contributed by atoms with E-state index in [1.165, 1.54) is 15.6 Å². The third-order valence-electron chi connectivity index (χ3n) is 4.06. The molecule has 23 heavy (non-hydrogen) atoms. The van der Waals surface area contributed by atoms with Crippen LogP contribution in [0, 0.1) is 0 Å². The molecule has 0 bridgehead atoms. The van der Waals surface area contributed by atoms with E-state index in [0.29, 0.717) is 6.42 Å². The molecule has 0 aliphatic heterocycles. The summed E-state index contributed by atoms with van der Waals surface area (Å²) in [6.07, 6.45) is 2.46. The van der Waals surface area contributed by atoms with Gasteiger partial charge in [-0.05, 0) is 53.6 Å². The number of amides is 1. The van der Waals surface area contributed by atoms with Gasteiger partial charge in [0.2, 0.25) is 5.91 Å². The molecule has 0 aliphatic rings. The van der Waals surface area contributed by atoms with Gasteiger partial charge in [-0.1, -0.05) is 42.5 Å². The van der Waals surface area contributed by atoms with Gasteiger partial charge in [0.05, 0.1) is 6.04 Å². The van der Waals surface area contributed by atoms with Crippen LogP contribution >= 0.6 is 11.3 Å². The molecule has 118 valence electrons. The van der Waals surface area contributed by atoms with Crippen molar-refractivity contribution in [1.82, 2.24) is 5.32 Å². The molecule has 3 rings (SSSR count). The molecule has 0 aliphatic carbocycles. The van der Waals surface area contributed by atoms with E-state index in [-0.39, 0.29) is 11.9 Å². The normalized spacial score (nSPS) is 12.2. The molecule has 0 spiro atoms. The first kappa shape index (κ1) is 15.8. The largest absolute Gasteiger partial charge is 0.350 e. The molecule has 1 unspecified atom stereocenters. The van der Waals surface area contributed by atoms with Gasteiger partial charge in [-0.15, -0.1) is 11.3 Å². The highest BCUT2D eigenvalue weighted by Crippen LogP contribution is 2.20. The van der Waals surface area contributed by atoms with Gasteiger partial charge in [0.15, 0.2) is 0 Å². The van der Waals surface area contributed by atoms with Crippen molar-refractivity contribution in [2.75, 3.05) is 0 Å². The first-order valence-electron chi connectivity index (χ1n) is 8.03. The lowest BCUT2D eigenvalue weighted by Gasteiger charge is -2.15. The molecule has 1 N–H and O–H groups in total. The van der Waals surface area contributed by atoms with Crippen LogP contribution in [-0.4, -0.2) is 5.91 Å². The van der Waals surface area contributed by atoms with Gasteiger partial charge in [0, 0.05) is 11.3 Å². The molecule has 1 amide bonds. The number of carbonyl (C=O) groups excluding carboxylic acids is 1. The number of hydrogen-bond donors (Lipinski definition) is 1. The molecule has 3 aromatic rings. The van der Waals surface area contributed by atoms with E-state index in [2.05, 4.69) is 53.2 Å². The second-order valence-corrected chi connectivity index (χ2v) is 6.86. The monoisotopic (exact) mass is 323 g/mol. The first-order valence-corrected chi connectivity index (χ1v) is 8.91. The van der Waals surface area contributed by atoms with Crippen molar-refractivity contribution in [3.63, 3.8) is 0 Å². The fourth-order valence-corrected chi connectivity index (χ4v) is 3.50. The van der Waals surface area contributed by atoms with Crippen LogP contribution in [0.15, 0.2) is 60.0 Å². The van der Waals surface area contributed by atoms with Crippen molar-refractivity contribution < 1.29 is 4.79 Å². The van der Waals surface area contributed by atoms with Gasteiger partial charge in [-0.25, -0.2) is 0 Å². The number of aryl methyl sites for hydroxylation is 1. The Bertz CT molecular complexity index is 779. The second-order valence-electron chi connectivity index (χ2n) is 5.83. The lowest BCUT2D eigenvalue weighted by atomic mass is 10.0. The summed E-state index contributed by atoms with van der Waals surface area (Å²) < 4.78 is 0. The Morgan fingerprint density at radius 1 is 1.09 bits per heavy atom. The zero-order valence-corrected chi connectivity index (χ0v) is 14.1. The number of benzene rings is 2. The third kappa shape index (κ3) is 4.20. The number of fused-ring (bicyclic) bond motifs is 1. The Labute approximate surface area is 141 Å². The number of nitrogens with one attached hydrogen (secondary N) is 1. The Morgan fingerprint density at radius 2 is 1.91 bits per heavy atom. The van der Waals surface area contributed by atoms with Crippen LogP contribution in [0.5, 0.6) is 0 Å². The maximum atomic E-state index is 12.1. The molecule has 1 aromatic heterocycles.